The number of benzene rings is 2. The molecule has 1 aliphatic heterocycles. The molecule has 4 nitrogen and oxygen atoms in total. The fourth-order valence-electron chi connectivity index (χ4n) is 3.55. The zero-order chi connectivity index (χ0) is 19.2. The van der Waals surface area contributed by atoms with E-state index in [-0.39, 0.29) is 17.9 Å². The first-order valence-electron chi connectivity index (χ1n) is 9.33. The van der Waals surface area contributed by atoms with Crippen molar-refractivity contribution in [2.75, 3.05) is 38.5 Å². The van der Waals surface area contributed by atoms with Gasteiger partial charge in [0, 0.05) is 37.9 Å². The third kappa shape index (κ3) is 5.48. The molecular weight excluding hydrogens is 359 g/mol. The summed E-state index contributed by atoms with van der Waals surface area (Å²) in [6.07, 6.45) is 0. The fraction of sp³-hybridized carbons (Fsp3) is 0.381. The first-order chi connectivity index (χ1) is 13.0. The average Bonchev–Trinajstić information content (AvgIpc) is 2.66. The lowest BCUT2D eigenvalue weighted by Gasteiger charge is -2.41. The molecule has 0 aliphatic carbocycles. The summed E-state index contributed by atoms with van der Waals surface area (Å²) in [5.74, 6) is -0.257. The van der Waals surface area contributed by atoms with E-state index in [9.17, 15) is 4.39 Å². The number of rotatable bonds is 5. The third-order valence-corrected chi connectivity index (χ3v) is 5.23. The lowest BCUT2D eigenvalue weighted by atomic mass is 9.98. The van der Waals surface area contributed by atoms with Gasteiger partial charge in [0.15, 0.2) is 5.11 Å². The number of halogens is 1. The van der Waals surface area contributed by atoms with E-state index in [0.717, 1.165) is 31.9 Å². The van der Waals surface area contributed by atoms with Crippen molar-refractivity contribution in [3.05, 3.63) is 66.0 Å². The zero-order valence-corrected chi connectivity index (χ0v) is 16.7. The van der Waals surface area contributed by atoms with Crippen molar-refractivity contribution in [1.82, 2.24) is 15.1 Å². The molecule has 2 aromatic rings. The quantitative estimate of drug-likeness (QED) is 0.768. The van der Waals surface area contributed by atoms with Crippen molar-refractivity contribution >= 4 is 23.0 Å². The normalized spacial score (nSPS) is 17.9. The number of hydrogen-bond acceptors (Lipinski definition) is 3. The van der Waals surface area contributed by atoms with Crippen LogP contribution in [0, 0.1) is 5.82 Å². The predicted molar refractivity (Wildman–Crippen MR) is 113 cm³/mol. The van der Waals surface area contributed by atoms with Crippen LogP contribution in [0.3, 0.4) is 0 Å². The van der Waals surface area contributed by atoms with E-state index in [0.29, 0.717) is 5.11 Å². The largest absolute Gasteiger partial charge is 0.358 e. The lowest BCUT2D eigenvalue weighted by Crippen LogP contribution is -2.52. The van der Waals surface area contributed by atoms with Gasteiger partial charge >= 0.3 is 0 Å². The minimum atomic E-state index is -0.257. The highest BCUT2D eigenvalue weighted by molar-refractivity contribution is 7.80. The molecule has 0 amide bonds. The summed E-state index contributed by atoms with van der Waals surface area (Å²) in [5.41, 5.74) is 2.06. The maximum atomic E-state index is 13.1. The molecule has 0 spiro atoms. The lowest BCUT2D eigenvalue weighted by molar-refractivity contribution is 0.0973. The van der Waals surface area contributed by atoms with Gasteiger partial charge in [0.25, 0.3) is 0 Å². The molecule has 6 heteroatoms. The molecule has 0 bridgehead atoms. The van der Waals surface area contributed by atoms with E-state index in [4.69, 9.17) is 12.2 Å². The van der Waals surface area contributed by atoms with Crippen LogP contribution in [0.15, 0.2) is 54.6 Å². The van der Waals surface area contributed by atoms with E-state index >= 15 is 0 Å². The van der Waals surface area contributed by atoms with Crippen molar-refractivity contribution in [3.63, 3.8) is 0 Å². The molecule has 27 heavy (non-hydrogen) atoms. The molecule has 2 aromatic carbocycles. The Balaban J connectivity index is 1.69. The molecule has 0 radical (unpaired) electrons. The van der Waals surface area contributed by atoms with Crippen molar-refractivity contribution in [2.24, 2.45) is 0 Å². The number of hydrogen-bond donors (Lipinski definition) is 2. The third-order valence-electron chi connectivity index (χ3n) is 5.01. The van der Waals surface area contributed by atoms with Crippen molar-refractivity contribution in [1.29, 1.82) is 0 Å². The highest BCUT2D eigenvalue weighted by atomic mass is 32.1. The van der Waals surface area contributed by atoms with Gasteiger partial charge in [-0.25, -0.2) is 4.39 Å². The Labute approximate surface area is 166 Å². The molecule has 1 aliphatic rings. The van der Waals surface area contributed by atoms with Gasteiger partial charge < -0.3 is 15.5 Å². The van der Waals surface area contributed by atoms with Gasteiger partial charge in [-0.1, -0.05) is 30.3 Å². The van der Waals surface area contributed by atoms with Gasteiger partial charge in [0.05, 0.1) is 6.04 Å². The van der Waals surface area contributed by atoms with E-state index in [1.54, 1.807) is 12.1 Å². The minimum Gasteiger partial charge on any atom is -0.358 e. The number of thiocarbonyl (C=S) groups is 1. The number of nitrogens with one attached hydrogen (secondary N) is 2. The number of likely N-dealkylation sites (N-methyl/N-ethyl adjacent to an activating group) is 1. The van der Waals surface area contributed by atoms with Gasteiger partial charge in [-0.15, -0.1) is 0 Å². The maximum Gasteiger partial charge on any atom is 0.171 e. The van der Waals surface area contributed by atoms with Crippen LogP contribution in [0.2, 0.25) is 0 Å². The van der Waals surface area contributed by atoms with Crippen LogP contribution >= 0.6 is 12.2 Å². The molecule has 0 aromatic heterocycles. The van der Waals surface area contributed by atoms with Crippen molar-refractivity contribution in [2.45, 2.75) is 19.0 Å². The molecular formula is C21H27FN4S. The second-order valence-corrected chi connectivity index (χ2v) is 7.50. The number of nitrogens with zero attached hydrogens (tertiary/aromatic N) is 2. The van der Waals surface area contributed by atoms with Crippen LogP contribution in [-0.2, 0) is 0 Å². The molecule has 144 valence electrons. The highest BCUT2D eigenvalue weighted by Gasteiger charge is 2.28. The zero-order valence-electron chi connectivity index (χ0n) is 15.9. The summed E-state index contributed by atoms with van der Waals surface area (Å²) in [6.45, 7) is 6.34. The smallest absolute Gasteiger partial charge is 0.171 e. The summed E-state index contributed by atoms with van der Waals surface area (Å²) < 4.78 is 13.1. The van der Waals surface area contributed by atoms with Crippen LogP contribution in [0.1, 0.15) is 18.5 Å². The monoisotopic (exact) mass is 386 g/mol. The van der Waals surface area contributed by atoms with Crippen molar-refractivity contribution in [3.8, 4) is 0 Å². The Hall–Kier alpha value is -2.02. The molecule has 0 saturated carbocycles. The predicted octanol–water partition coefficient (Wildman–Crippen LogP) is 3.49. The fourth-order valence-corrected chi connectivity index (χ4v) is 3.86. The standard InChI is InChI=1S/C21H27FN4S/c1-16(23-21(27)24-19-10-8-18(22)9-11-19)20(17-6-4-3-5-7-17)26-14-12-25(2)13-15-26/h3-11,16,20H,12-15H2,1-2H3,(H2,23,24,27). The second kappa shape index (κ2) is 9.26. The molecule has 2 atom stereocenters. The molecule has 1 saturated heterocycles. The first kappa shape index (κ1) is 19.7. The van der Waals surface area contributed by atoms with Gasteiger partial charge in [0.2, 0.25) is 0 Å². The van der Waals surface area contributed by atoms with Crippen LogP contribution < -0.4 is 10.6 Å². The topological polar surface area (TPSA) is 30.5 Å². The van der Waals surface area contributed by atoms with Crippen LogP contribution in [0.25, 0.3) is 0 Å². The van der Waals surface area contributed by atoms with Crippen LogP contribution in [0.4, 0.5) is 10.1 Å². The summed E-state index contributed by atoms with van der Waals surface area (Å²) in [7, 11) is 2.16. The summed E-state index contributed by atoms with van der Waals surface area (Å²) in [4.78, 5) is 4.88. The van der Waals surface area contributed by atoms with E-state index in [1.165, 1.54) is 17.7 Å². The Morgan fingerprint density at radius 3 is 2.26 bits per heavy atom. The Kier molecular flexibility index (Phi) is 6.77. The molecule has 3 rings (SSSR count). The summed E-state index contributed by atoms with van der Waals surface area (Å²) in [6, 6.07) is 17.1. The van der Waals surface area contributed by atoms with Crippen LogP contribution in [-0.4, -0.2) is 54.2 Å². The Morgan fingerprint density at radius 2 is 1.63 bits per heavy atom. The summed E-state index contributed by atoms with van der Waals surface area (Å²) >= 11 is 5.49. The number of piperazine rings is 1. The number of anilines is 1. The summed E-state index contributed by atoms with van der Waals surface area (Å²) in [5, 5.41) is 7.11. The Morgan fingerprint density at radius 1 is 1.00 bits per heavy atom. The van der Waals surface area contributed by atoms with E-state index in [2.05, 4.69) is 58.7 Å². The maximum absolute atomic E-state index is 13.1. The van der Waals surface area contributed by atoms with Crippen molar-refractivity contribution < 1.29 is 4.39 Å². The van der Waals surface area contributed by atoms with Gasteiger partial charge in [-0.2, -0.15) is 0 Å². The minimum absolute atomic E-state index is 0.122. The van der Waals surface area contributed by atoms with Gasteiger partial charge in [-0.05, 0) is 56.0 Å². The molecule has 2 unspecified atom stereocenters. The highest BCUT2D eigenvalue weighted by Crippen LogP contribution is 2.25. The molecule has 1 heterocycles. The Bertz CT molecular complexity index is 730. The van der Waals surface area contributed by atoms with Crippen LogP contribution in [0.5, 0.6) is 0 Å². The SMILES string of the molecule is CC(NC(=S)Nc1ccc(F)cc1)C(c1ccccc1)N1CCN(C)CC1. The van der Waals surface area contributed by atoms with E-state index < -0.39 is 0 Å². The molecule has 2 N–H and O–H groups in total. The average molecular weight is 387 g/mol. The van der Waals surface area contributed by atoms with E-state index in [1.807, 2.05) is 6.07 Å². The first-order valence-corrected chi connectivity index (χ1v) is 9.74. The van der Waals surface area contributed by atoms with Gasteiger partial charge in [-0.3, -0.25) is 4.90 Å². The molecule has 1 fully saturated rings. The second-order valence-electron chi connectivity index (χ2n) is 7.09. The van der Waals surface area contributed by atoms with Gasteiger partial charge in [0.1, 0.15) is 5.82 Å².